The Labute approximate surface area is 191 Å². The summed E-state index contributed by atoms with van der Waals surface area (Å²) in [6, 6.07) is 0. The van der Waals surface area contributed by atoms with Crippen molar-refractivity contribution in [2.24, 2.45) is 0 Å². The zero-order chi connectivity index (χ0) is 21.3. The van der Waals surface area contributed by atoms with E-state index in [-0.39, 0.29) is 11.2 Å². The minimum absolute atomic E-state index is 0.00687. The van der Waals surface area contributed by atoms with Gasteiger partial charge in [-0.25, -0.2) is 9.97 Å². The maximum absolute atomic E-state index is 13.1. The van der Waals surface area contributed by atoms with Crippen molar-refractivity contribution in [3.05, 3.63) is 6.33 Å². The lowest BCUT2D eigenvalue weighted by Crippen LogP contribution is -2.26. The molecule has 1 aromatic rings. The molecule has 1 unspecified atom stereocenters. The second-order valence-corrected chi connectivity index (χ2v) is 10.1. The van der Waals surface area contributed by atoms with E-state index in [1.54, 1.807) is 29.9 Å². The van der Waals surface area contributed by atoms with E-state index in [0.717, 1.165) is 34.3 Å². The first-order valence-corrected chi connectivity index (χ1v) is 14.5. The van der Waals surface area contributed by atoms with Crippen LogP contribution in [0.1, 0.15) is 84.5 Å². The monoisotopic (exact) mass is 457 g/mol. The third-order valence-corrected chi connectivity index (χ3v) is 7.61. The molecule has 1 atom stereocenters. The topological polar surface area (TPSA) is 54.9 Å². The summed E-state index contributed by atoms with van der Waals surface area (Å²) in [6.45, 7) is 4.48. The highest BCUT2D eigenvalue weighted by atomic mass is 32.2. The lowest BCUT2D eigenvalue weighted by atomic mass is 10.1. The Balaban J connectivity index is 2.68. The van der Waals surface area contributed by atoms with Crippen molar-refractivity contribution in [1.82, 2.24) is 9.97 Å². The molecular weight excluding hydrogens is 418 g/mol. The predicted molar refractivity (Wildman–Crippen MR) is 133 cm³/mol. The largest absolute Gasteiger partial charge is 0.321 e. The maximum atomic E-state index is 13.1. The lowest BCUT2D eigenvalue weighted by Gasteiger charge is -2.18. The summed E-state index contributed by atoms with van der Waals surface area (Å²) in [5.41, 5.74) is 0.775. The predicted octanol–water partition coefficient (Wildman–Crippen LogP) is 7.29. The molecule has 0 aliphatic carbocycles. The highest BCUT2D eigenvalue weighted by molar-refractivity contribution is 8.00. The number of hydrogen-bond donors (Lipinski definition) is 1. The number of rotatable bonds is 17. The molecule has 1 rings (SSSR count). The average molecular weight is 458 g/mol. The summed E-state index contributed by atoms with van der Waals surface area (Å²) in [5, 5.41) is 4.85. The van der Waals surface area contributed by atoms with Gasteiger partial charge in [0.05, 0.1) is 5.25 Å². The van der Waals surface area contributed by atoms with Crippen LogP contribution in [0.2, 0.25) is 0 Å². The first-order valence-electron chi connectivity index (χ1n) is 11.0. The number of aromatic nitrogens is 2. The number of thioether (sulfide) groups is 3. The fourth-order valence-electron chi connectivity index (χ4n) is 3.13. The van der Waals surface area contributed by atoms with E-state index in [1.807, 2.05) is 24.3 Å². The summed E-state index contributed by atoms with van der Waals surface area (Å²) >= 11 is 4.93. The zero-order valence-electron chi connectivity index (χ0n) is 18.7. The zero-order valence-corrected chi connectivity index (χ0v) is 21.1. The molecule has 1 amide bonds. The molecule has 1 heterocycles. The summed E-state index contributed by atoms with van der Waals surface area (Å²) in [7, 11) is 0. The number of nitrogens with zero attached hydrogens (tertiary/aromatic N) is 2. The van der Waals surface area contributed by atoms with Crippen LogP contribution in [-0.2, 0) is 4.79 Å². The molecule has 4 nitrogen and oxygen atoms in total. The summed E-state index contributed by atoms with van der Waals surface area (Å²) in [6.07, 6.45) is 19.0. The fraction of sp³-hybridized carbons (Fsp3) is 0.773. The molecule has 0 radical (unpaired) electrons. The van der Waals surface area contributed by atoms with Crippen molar-refractivity contribution in [3.63, 3.8) is 0 Å². The van der Waals surface area contributed by atoms with Gasteiger partial charge in [0.1, 0.15) is 22.1 Å². The van der Waals surface area contributed by atoms with Gasteiger partial charge in [-0.2, -0.15) is 0 Å². The molecule has 0 aliphatic rings. The van der Waals surface area contributed by atoms with Gasteiger partial charge in [0.2, 0.25) is 5.91 Å². The average Bonchev–Trinajstić information content (AvgIpc) is 2.74. The van der Waals surface area contributed by atoms with E-state index in [0.29, 0.717) is 0 Å². The third kappa shape index (κ3) is 11.0. The fourth-order valence-corrected chi connectivity index (χ4v) is 5.40. The van der Waals surface area contributed by atoms with E-state index < -0.39 is 0 Å². The molecule has 7 heteroatoms. The Hall–Kier alpha value is -0.400. The van der Waals surface area contributed by atoms with Crippen molar-refractivity contribution in [1.29, 1.82) is 0 Å². The van der Waals surface area contributed by atoms with Gasteiger partial charge in [-0.15, -0.1) is 35.3 Å². The Bertz CT molecular complexity index is 550. The number of unbranched alkanes of at least 4 members (excludes halogenated alkanes) is 8. The smallest absolute Gasteiger partial charge is 0.237 e. The lowest BCUT2D eigenvalue weighted by molar-refractivity contribution is -0.115. The van der Waals surface area contributed by atoms with Crippen LogP contribution < -0.4 is 5.32 Å². The van der Waals surface area contributed by atoms with Gasteiger partial charge in [-0.1, -0.05) is 71.6 Å². The van der Waals surface area contributed by atoms with Crippen LogP contribution in [0.5, 0.6) is 0 Å². The van der Waals surface area contributed by atoms with E-state index >= 15 is 0 Å². The molecule has 0 saturated carbocycles. The summed E-state index contributed by atoms with van der Waals surface area (Å²) in [5.74, 6) is 1.17. The Morgan fingerprint density at radius 2 is 1.45 bits per heavy atom. The second-order valence-electron chi connectivity index (χ2n) is 7.23. The quantitative estimate of drug-likeness (QED) is 0.150. The number of anilines is 1. The highest BCUT2D eigenvalue weighted by Crippen LogP contribution is 2.32. The van der Waals surface area contributed by atoms with Gasteiger partial charge in [-0.05, 0) is 31.1 Å². The standard InChI is InChI=1S/C22H39N3OS3/c1-5-7-9-11-12-13-15-18(29-16-14-10-8-6-2)20(26)25-19-21(27-3)23-17-24-22(19)28-4/h17-18H,5-16H2,1-4H3,(H,25,26). The highest BCUT2D eigenvalue weighted by Gasteiger charge is 2.21. The van der Waals surface area contributed by atoms with Gasteiger partial charge in [0, 0.05) is 0 Å². The number of carbonyl (C=O) groups is 1. The molecule has 0 spiro atoms. The van der Waals surface area contributed by atoms with Crippen molar-refractivity contribution < 1.29 is 4.79 Å². The molecule has 0 saturated heterocycles. The van der Waals surface area contributed by atoms with Gasteiger partial charge < -0.3 is 5.32 Å². The van der Waals surface area contributed by atoms with Crippen LogP contribution >= 0.6 is 35.3 Å². The molecule has 166 valence electrons. The van der Waals surface area contributed by atoms with E-state index in [4.69, 9.17) is 0 Å². The first kappa shape index (κ1) is 26.6. The van der Waals surface area contributed by atoms with Crippen molar-refractivity contribution >= 4 is 46.9 Å². The first-order chi connectivity index (χ1) is 14.2. The van der Waals surface area contributed by atoms with Crippen molar-refractivity contribution in [2.45, 2.75) is 99.8 Å². The molecule has 1 N–H and O–H groups in total. The Morgan fingerprint density at radius 3 is 2.03 bits per heavy atom. The van der Waals surface area contributed by atoms with Crippen molar-refractivity contribution in [3.8, 4) is 0 Å². The van der Waals surface area contributed by atoms with Crippen LogP contribution in [0.15, 0.2) is 16.4 Å². The van der Waals surface area contributed by atoms with Crippen LogP contribution in [0.4, 0.5) is 5.69 Å². The van der Waals surface area contributed by atoms with Crippen LogP contribution in [-0.4, -0.2) is 39.4 Å². The minimum Gasteiger partial charge on any atom is -0.321 e. The summed E-state index contributed by atoms with van der Waals surface area (Å²) in [4.78, 5) is 21.8. The Kier molecular flexibility index (Phi) is 15.9. The maximum Gasteiger partial charge on any atom is 0.237 e. The molecule has 0 bridgehead atoms. The number of hydrogen-bond acceptors (Lipinski definition) is 6. The minimum atomic E-state index is 0.00687. The van der Waals surface area contributed by atoms with Gasteiger partial charge >= 0.3 is 0 Å². The van der Waals surface area contributed by atoms with E-state index in [9.17, 15) is 4.79 Å². The van der Waals surface area contributed by atoms with Crippen LogP contribution in [0.25, 0.3) is 0 Å². The number of carbonyl (C=O) groups excluding carboxylic acids is 1. The SMILES string of the molecule is CCCCCCCCC(SCCCCCC)C(=O)Nc1c(SC)ncnc1SC. The van der Waals surface area contributed by atoms with E-state index in [2.05, 4.69) is 29.1 Å². The molecule has 1 aromatic heterocycles. The molecule has 0 fully saturated rings. The van der Waals surface area contributed by atoms with Crippen molar-refractivity contribution in [2.75, 3.05) is 23.6 Å². The summed E-state index contributed by atoms with van der Waals surface area (Å²) < 4.78 is 0. The number of nitrogens with one attached hydrogen (secondary N) is 1. The molecule has 0 aromatic carbocycles. The third-order valence-electron chi connectivity index (χ3n) is 4.84. The van der Waals surface area contributed by atoms with E-state index in [1.165, 1.54) is 57.8 Å². The van der Waals surface area contributed by atoms with Crippen LogP contribution in [0, 0.1) is 0 Å². The molecular formula is C22H39N3OS3. The van der Waals surface area contributed by atoms with Gasteiger partial charge in [0.15, 0.2) is 0 Å². The molecule has 29 heavy (non-hydrogen) atoms. The normalized spacial score (nSPS) is 12.1. The van der Waals surface area contributed by atoms with Crippen LogP contribution in [0.3, 0.4) is 0 Å². The second kappa shape index (κ2) is 17.3. The molecule has 0 aliphatic heterocycles. The Morgan fingerprint density at radius 1 is 0.897 bits per heavy atom. The number of amides is 1. The van der Waals surface area contributed by atoms with Gasteiger partial charge in [-0.3, -0.25) is 4.79 Å². The van der Waals surface area contributed by atoms with Gasteiger partial charge in [0.25, 0.3) is 0 Å².